The zero-order chi connectivity index (χ0) is 22.2. The maximum atomic E-state index is 12.7. The first-order chi connectivity index (χ1) is 14.9. The van der Waals surface area contributed by atoms with Gasteiger partial charge in [-0.05, 0) is 57.0 Å². The number of carbonyl (C=O) groups is 3. The minimum atomic E-state index is -0.367. The second-order valence-electron chi connectivity index (χ2n) is 7.64. The number of rotatable bonds is 5. The molecule has 2 aromatic carbocycles. The number of nitrogens with one attached hydrogen (secondary N) is 4. The second-order valence-corrected chi connectivity index (χ2v) is 7.64. The fourth-order valence-electron chi connectivity index (χ4n) is 3.50. The first kappa shape index (κ1) is 22.1. The van der Waals surface area contributed by atoms with Crippen molar-refractivity contribution in [2.45, 2.75) is 26.7 Å². The standard InChI is InChI=1S/C23H29N5O3/c1-3-24-21(29)17-6-5-13-28(15-17)23(31)27-20-8-4-7-19(14-20)26-22(30)25-18-11-9-16(2)10-12-18/h4,7-12,14,17H,3,5-6,13,15H2,1-2H3,(H,24,29)(H,27,31)(H2,25,26,30)/t17-/m1/s1. The number of piperidine rings is 1. The van der Waals surface area contributed by atoms with E-state index < -0.39 is 0 Å². The van der Waals surface area contributed by atoms with E-state index >= 15 is 0 Å². The van der Waals surface area contributed by atoms with Crippen molar-refractivity contribution >= 4 is 35.0 Å². The van der Waals surface area contributed by atoms with Gasteiger partial charge in [0.1, 0.15) is 0 Å². The van der Waals surface area contributed by atoms with Crippen LogP contribution in [0.3, 0.4) is 0 Å². The molecule has 2 aromatic rings. The number of amides is 5. The molecule has 5 amide bonds. The van der Waals surface area contributed by atoms with Gasteiger partial charge in [0, 0.05) is 36.7 Å². The summed E-state index contributed by atoms with van der Waals surface area (Å²) in [6.45, 7) is 5.45. The van der Waals surface area contributed by atoms with Crippen LogP contribution >= 0.6 is 0 Å². The van der Waals surface area contributed by atoms with Crippen molar-refractivity contribution in [1.82, 2.24) is 10.2 Å². The third-order valence-electron chi connectivity index (χ3n) is 5.11. The van der Waals surface area contributed by atoms with Crippen molar-refractivity contribution in [3.63, 3.8) is 0 Å². The molecule has 0 bridgehead atoms. The van der Waals surface area contributed by atoms with E-state index in [4.69, 9.17) is 0 Å². The molecule has 8 heteroatoms. The van der Waals surface area contributed by atoms with Crippen molar-refractivity contribution in [2.75, 3.05) is 35.6 Å². The van der Waals surface area contributed by atoms with Gasteiger partial charge in [0.05, 0.1) is 5.92 Å². The zero-order valence-electron chi connectivity index (χ0n) is 17.9. The molecule has 1 saturated heterocycles. The van der Waals surface area contributed by atoms with Crippen LogP contribution in [-0.4, -0.2) is 42.5 Å². The van der Waals surface area contributed by atoms with Crippen molar-refractivity contribution in [3.8, 4) is 0 Å². The van der Waals surface area contributed by atoms with Crippen LogP contribution < -0.4 is 21.3 Å². The fourth-order valence-corrected chi connectivity index (χ4v) is 3.50. The van der Waals surface area contributed by atoms with Crippen molar-refractivity contribution in [1.29, 1.82) is 0 Å². The molecule has 164 valence electrons. The molecule has 1 aliphatic rings. The van der Waals surface area contributed by atoms with E-state index in [1.807, 2.05) is 38.1 Å². The highest BCUT2D eigenvalue weighted by atomic mass is 16.2. The number of urea groups is 2. The van der Waals surface area contributed by atoms with Gasteiger partial charge in [-0.25, -0.2) is 9.59 Å². The Morgan fingerprint density at radius 1 is 0.968 bits per heavy atom. The molecule has 1 fully saturated rings. The maximum Gasteiger partial charge on any atom is 0.323 e. The van der Waals surface area contributed by atoms with E-state index in [-0.39, 0.29) is 23.9 Å². The smallest absolute Gasteiger partial charge is 0.323 e. The Kier molecular flexibility index (Phi) is 7.48. The van der Waals surface area contributed by atoms with E-state index in [0.717, 1.165) is 18.4 Å². The Labute approximate surface area is 182 Å². The molecule has 0 aromatic heterocycles. The molecule has 4 N–H and O–H groups in total. The Bertz CT molecular complexity index is 929. The van der Waals surface area contributed by atoms with Gasteiger partial charge in [-0.1, -0.05) is 23.8 Å². The number of benzene rings is 2. The van der Waals surface area contributed by atoms with Crippen molar-refractivity contribution < 1.29 is 14.4 Å². The number of likely N-dealkylation sites (tertiary alicyclic amines) is 1. The Balaban J connectivity index is 1.55. The quantitative estimate of drug-likeness (QED) is 0.584. The molecule has 31 heavy (non-hydrogen) atoms. The summed E-state index contributed by atoms with van der Waals surface area (Å²) in [5.74, 6) is -0.191. The van der Waals surface area contributed by atoms with Gasteiger partial charge in [0.25, 0.3) is 0 Å². The Morgan fingerprint density at radius 3 is 2.35 bits per heavy atom. The zero-order valence-corrected chi connectivity index (χ0v) is 17.9. The molecule has 3 rings (SSSR count). The topological polar surface area (TPSA) is 103 Å². The first-order valence-corrected chi connectivity index (χ1v) is 10.5. The molecular formula is C23H29N5O3. The largest absolute Gasteiger partial charge is 0.356 e. The van der Waals surface area contributed by atoms with Crippen LogP contribution in [0.4, 0.5) is 26.7 Å². The molecule has 1 atom stereocenters. The predicted octanol–water partition coefficient (Wildman–Crippen LogP) is 4.02. The number of carbonyl (C=O) groups excluding carboxylic acids is 3. The van der Waals surface area contributed by atoms with Crippen LogP contribution in [0.1, 0.15) is 25.3 Å². The molecule has 1 aliphatic heterocycles. The van der Waals surface area contributed by atoms with Crippen molar-refractivity contribution in [3.05, 3.63) is 54.1 Å². The summed E-state index contributed by atoms with van der Waals surface area (Å²) in [7, 11) is 0. The molecule has 1 heterocycles. The van der Waals surface area contributed by atoms with E-state index in [0.29, 0.717) is 36.7 Å². The summed E-state index contributed by atoms with van der Waals surface area (Å²) in [5, 5.41) is 11.2. The van der Waals surface area contributed by atoms with Gasteiger partial charge in [-0.2, -0.15) is 0 Å². The first-order valence-electron chi connectivity index (χ1n) is 10.5. The van der Waals surface area contributed by atoms with Crippen LogP contribution in [0, 0.1) is 12.8 Å². The van der Waals surface area contributed by atoms with Crippen LogP contribution in [-0.2, 0) is 4.79 Å². The molecular weight excluding hydrogens is 394 g/mol. The van der Waals surface area contributed by atoms with Crippen LogP contribution in [0.2, 0.25) is 0 Å². The SMILES string of the molecule is CCNC(=O)[C@@H]1CCCN(C(=O)Nc2cccc(NC(=O)Nc3ccc(C)cc3)c2)C1. The molecule has 8 nitrogen and oxygen atoms in total. The Hall–Kier alpha value is -3.55. The van der Waals surface area contributed by atoms with Crippen molar-refractivity contribution in [2.24, 2.45) is 5.92 Å². The number of nitrogens with zero attached hydrogens (tertiary/aromatic N) is 1. The van der Waals surface area contributed by atoms with Gasteiger partial charge in [0.2, 0.25) is 5.91 Å². The minimum Gasteiger partial charge on any atom is -0.356 e. The van der Waals surface area contributed by atoms with Gasteiger partial charge < -0.3 is 26.2 Å². The lowest BCUT2D eigenvalue weighted by Gasteiger charge is -2.32. The average Bonchev–Trinajstić information content (AvgIpc) is 2.76. The van der Waals surface area contributed by atoms with E-state index in [1.54, 1.807) is 29.2 Å². The number of hydrogen-bond acceptors (Lipinski definition) is 3. The van der Waals surface area contributed by atoms with Gasteiger partial charge in [0.15, 0.2) is 0 Å². The third kappa shape index (κ3) is 6.47. The fraction of sp³-hybridized carbons (Fsp3) is 0.348. The molecule has 0 aliphatic carbocycles. The highest BCUT2D eigenvalue weighted by Crippen LogP contribution is 2.20. The average molecular weight is 424 g/mol. The van der Waals surface area contributed by atoms with Gasteiger partial charge >= 0.3 is 12.1 Å². The van der Waals surface area contributed by atoms with Crippen LogP contribution in [0.25, 0.3) is 0 Å². The summed E-state index contributed by atoms with van der Waals surface area (Å²) in [5.41, 5.74) is 2.93. The highest BCUT2D eigenvalue weighted by molar-refractivity contribution is 6.00. The molecule has 0 unspecified atom stereocenters. The lowest BCUT2D eigenvalue weighted by Crippen LogP contribution is -2.46. The van der Waals surface area contributed by atoms with Gasteiger partial charge in [-0.3, -0.25) is 4.79 Å². The summed E-state index contributed by atoms with van der Waals surface area (Å²) >= 11 is 0. The Morgan fingerprint density at radius 2 is 1.65 bits per heavy atom. The summed E-state index contributed by atoms with van der Waals surface area (Å²) in [6, 6.07) is 13.8. The number of aryl methyl sites for hydroxylation is 1. The normalized spacial score (nSPS) is 15.7. The predicted molar refractivity (Wildman–Crippen MR) is 122 cm³/mol. The summed E-state index contributed by atoms with van der Waals surface area (Å²) in [4.78, 5) is 38.7. The maximum absolute atomic E-state index is 12.7. The van der Waals surface area contributed by atoms with Gasteiger partial charge in [-0.15, -0.1) is 0 Å². The van der Waals surface area contributed by atoms with E-state index in [9.17, 15) is 14.4 Å². The third-order valence-corrected chi connectivity index (χ3v) is 5.11. The number of anilines is 3. The molecule has 0 saturated carbocycles. The lowest BCUT2D eigenvalue weighted by atomic mass is 9.97. The minimum absolute atomic E-state index is 0.00853. The monoisotopic (exact) mass is 423 g/mol. The summed E-state index contributed by atoms with van der Waals surface area (Å²) < 4.78 is 0. The van der Waals surface area contributed by atoms with E-state index in [1.165, 1.54) is 0 Å². The molecule has 0 radical (unpaired) electrons. The number of hydrogen-bond donors (Lipinski definition) is 4. The van der Waals surface area contributed by atoms with Crippen LogP contribution in [0.15, 0.2) is 48.5 Å². The highest BCUT2D eigenvalue weighted by Gasteiger charge is 2.28. The molecule has 0 spiro atoms. The lowest BCUT2D eigenvalue weighted by molar-refractivity contribution is -0.126. The summed E-state index contributed by atoms with van der Waals surface area (Å²) in [6.07, 6.45) is 1.57. The van der Waals surface area contributed by atoms with Crippen LogP contribution in [0.5, 0.6) is 0 Å². The van der Waals surface area contributed by atoms with E-state index in [2.05, 4.69) is 21.3 Å². The second kappa shape index (κ2) is 10.5.